The maximum atomic E-state index is 13.1. The molecular formula is C22H15Cl2F6N3O2. The summed E-state index contributed by atoms with van der Waals surface area (Å²) in [6.45, 7) is 0.150. The number of rotatable bonds is 3. The fraction of sp³-hybridized carbons (Fsp3) is 0.318. The van der Waals surface area contributed by atoms with E-state index in [9.17, 15) is 31.1 Å². The minimum Gasteiger partial charge on any atom is -0.339 e. The summed E-state index contributed by atoms with van der Waals surface area (Å²) in [6.07, 6.45) is -9.45. The van der Waals surface area contributed by atoms with Crippen LogP contribution in [-0.2, 0) is 12.4 Å². The van der Waals surface area contributed by atoms with Gasteiger partial charge in [-0.2, -0.15) is 31.3 Å². The van der Waals surface area contributed by atoms with E-state index in [2.05, 4.69) is 10.1 Å². The second-order valence-electron chi connectivity index (χ2n) is 7.91. The van der Waals surface area contributed by atoms with Crippen molar-refractivity contribution in [2.24, 2.45) is 0 Å². The van der Waals surface area contributed by atoms with Crippen LogP contribution in [0.25, 0.3) is 11.4 Å². The van der Waals surface area contributed by atoms with Crippen molar-refractivity contribution in [2.75, 3.05) is 13.1 Å². The van der Waals surface area contributed by atoms with Gasteiger partial charge < -0.3 is 9.42 Å². The van der Waals surface area contributed by atoms with Crippen molar-refractivity contribution in [1.82, 2.24) is 15.0 Å². The molecule has 0 N–H and O–H groups in total. The average molecular weight is 538 g/mol. The maximum absolute atomic E-state index is 13.1. The first kappa shape index (κ1) is 25.3. The molecule has 1 amide bonds. The van der Waals surface area contributed by atoms with Gasteiger partial charge in [-0.25, -0.2) is 0 Å². The Bertz CT molecular complexity index is 1200. The fourth-order valence-electron chi connectivity index (χ4n) is 3.80. The summed E-state index contributed by atoms with van der Waals surface area (Å²) in [4.78, 5) is 18.3. The number of piperidine rings is 1. The second-order valence-corrected chi connectivity index (χ2v) is 8.73. The molecule has 0 radical (unpaired) electrons. The minimum absolute atomic E-state index is 0.0125. The molecule has 1 aromatic heterocycles. The van der Waals surface area contributed by atoms with Crippen LogP contribution < -0.4 is 0 Å². The van der Waals surface area contributed by atoms with Gasteiger partial charge in [0.2, 0.25) is 11.7 Å². The van der Waals surface area contributed by atoms with Crippen molar-refractivity contribution >= 4 is 29.1 Å². The van der Waals surface area contributed by atoms with Crippen LogP contribution in [-0.4, -0.2) is 34.0 Å². The van der Waals surface area contributed by atoms with E-state index in [0.29, 0.717) is 40.6 Å². The molecule has 0 spiro atoms. The standard InChI is InChI=1S/C22H15Cl2F6N3O2/c23-15-2-1-3-16(24)17(15)18-31-19(35-32-18)11-4-6-33(7-5-11)20(34)12-8-13(21(25,26)27)10-14(9-12)22(28,29)30/h1-3,8-11H,4-7H2. The van der Waals surface area contributed by atoms with Gasteiger partial charge in [-0.3, -0.25) is 4.79 Å². The van der Waals surface area contributed by atoms with E-state index >= 15 is 0 Å². The lowest BCUT2D eigenvalue weighted by atomic mass is 9.95. The molecule has 186 valence electrons. The highest BCUT2D eigenvalue weighted by atomic mass is 35.5. The van der Waals surface area contributed by atoms with Gasteiger partial charge in [0.15, 0.2) is 0 Å². The monoisotopic (exact) mass is 537 g/mol. The van der Waals surface area contributed by atoms with Crippen molar-refractivity contribution in [3.05, 3.63) is 69.0 Å². The number of aromatic nitrogens is 2. The number of likely N-dealkylation sites (tertiary alicyclic amines) is 1. The quantitative estimate of drug-likeness (QED) is 0.334. The Morgan fingerprint density at radius 2 is 1.49 bits per heavy atom. The number of alkyl halides is 6. The van der Waals surface area contributed by atoms with E-state index in [1.54, 1.807) is 18.2 Å². The summed E-state index contributed by atoms with van der Waals surface area (Å²) < 4.78 is 84.1. The van der Waals surface area contributed by atoms with E-state index in [1.807, 2.05) is 0 Å². The van der Waals surface area contributed by atoms with Gasteiger partial charge in [0, 0.05) is 24.6 Å². The summed E-state index contributed by atoms with van der Waals surface area (Å²) in [5, 5.41) is 4.55. The van der Waals surface area contributed by atoms with Gasteiger partial charge in [-0.15, -0.1) is 0 Å². The molecule has 0 unspecified atom stereocenters. The molecule has 5 nitrogen and oxygen atoms in total. The second kappa shape index (κ2) is 9.34. The molecule has 2 heterocycles. The highest BCUT2D eigenvalue weighted by Crippen LogP contribution is 2.38. The number of hydrogen-bond donors (Lipinski definition) is 0. The smallest absolute Gasteiger partial charge is 0.339 e. The lowest BCUT2D eigenvalue weighted by Gasteiger charge is -2.30. The average Bonchev–Trinajstić information content (AvgIpc) is 3.27. The molecule has 0 atom stereocenters. The van der Waals surface area contributed by atoms with Gasteiger partial charge in [-0.1, -0.05) is 34.4 Å². The predicted octanol–water partition coefficient (Wildman–Crippen LogP) is 7.10. The zero-order valence-electron chi connectivity index (χ0n) is 17.6. The normalized spacial score (nSPS) is 15.5. The van der Waals surface area contributed by atoms with Crippen LogP contribution in [0.1, 0.15) is 46.1 Å². The highest BCUT2D eigenvalue weighted by Gasteiger charge is 2.38. The van der Waals surface area contributed by atoms with E-state index in [0.717, 1.165) is 0 Å². The molecule has 0 aliphatic carbocycles. The Balaban J connectivity index is 1.50. The lowest BCUT2D eigenvalue weighted by Crippen LogP contribution is -2.38. The van der Waals surface area contributed by atoms with Crippen LogP contribution in [0.3, 0.4) is 0 Å². The fourth-order valence-corrected chi connectivity index (χ4v) is 4.37. The molecule has 1 aliphatic rings. The van der Waals surface area contributed by atoms with Crippen LogP contribution in [0.15, 0.2) is 40.9 Å². The lowest BCUT2D eigenvalue weighted by molar-refractivity contribution is -0.143. The van der Waals surface area contributed by atoms with Crippen LogP contribution in [0, 0.1) is 0 Å². The van der Waals surface area contributed by atoms with Crippen LogP contribution >= 0.6 is 23.2 Å². The van der Waals surface area contributed by atoms with E-state index in [1.165, 1.54) is 4.90 Å². The Hall–Kier alpha value is -2.79. The Morgan fingerprint density at radius 3 is 2.00 bits per heavy atom. The van der Waals surface area contributed by atoms with Crippen molar-refractivity contribution in [1.29, 1.82) is 0 Å². The third-order valence-electron chi connectivity index (χ3n) is 5.59. The Labute approximate surface area is 204 Å². The van der Waals surface area contributed by atoms with Crippen molar-refractivity contribution < 1.29 is 35.7 Å². The van der Waals surface area contributed by atoms with Gasteiger partial charge in [0.1, 0.15) is 0 Å². The molecule has 2 aromatic carbocycles. The molecule has 35 heavy (non-hydrogen) atoms. The summed E-state index contributed by atoms with van der Waals surface area (Å²) >= 11 is 12.3. The summed E-state index contributed by atoms with van der Waals surface area (Å²) in [5.41, 5.74) is -3.37. The molecule has 0 bridgehead atoms. The highest BCUT2D eigenvalue weighted by molar-refractivity contribution is 6.38. The first-order chi connectivity index (χ1) is 16.3. The van der Waals surface area contributed by atoms with Gasteiger partial charge in [0.25, 0.3) is 5.91 Å². The number of hydrogen-bond acceptors (Lipinski definition) is 4. The molecule has 1 saturated heterocycles. The number of amides is 1. The SMILES string of the molecule is O=C(c1cc(C(F)(F)F)cc(C(F)(F)F)c1)N1CCC(c2nc(-c3c(Cl)cccc3Cl)no2)CC1. The summed E-state index contributed by atoms with van der Waals surface area (Å²) in [7, 11) is 0. The first-order valence-electron chi connectivity index (χ1n) is 10.2. The Kier molecular flexibility index (Phi) is 6.76. The van der Waals surface area contributed by atoms with Gasteiger partial charge in [0.05, 0.1) is 26.7 Å². The number of carbonyl (C=O) groups is 1. The minimum atomic E-state index is -5.04. The molecule has 1 aliphatic heterocycles. The predicted molar refractivity (Wildman–Crippen MR) is 114 cm³/mol. The zero-order valence-corrected chi connectivity index (χ0v) is 19.1. The Morgan fingerprint density at radius 1 is 0.943 bits per heavy atom. The third-order valence-corrected chi connectivity index (χ3v) is 6.22. The van der Waals surface area contributed by atoms with Gasteiger partial charge in [-0.05, 0) is 43.2 Å². The van der Waals surface area contributed by atoms with E-state index < -0.39 is 35.0 Å². The topological polar surface area (TPSA) is 59.2 Å². The summed E-state index contributed by atoms with van der Waals surface area (Å²) in [5.74, 6) is -0.748. The molecule has 4 rings (SSSR count). The molecule has 13 heteroatoms. The molecule has 3 aromatic rings. The van der Waals surface area contributed by atoms with E-state index in [4.69, 9.17) is 27.7 Å². The number of halogens is 8. The van der Waals surface area contributed by atoms with E-state index in [-0.39, 0.29) is 36.8 Å². The van der Waals surface area contributed by atoms with Crippen LogP contribution in [0.2, 0.25) is 10.0 Å². The van der Waals surface area contributed by atoms with Crippen LogP contribution in [0.5, 0.6) is 0 Å². The first-order valence-corrected chi connectivity index (χ1v) is 11.0. The maximum Gasteiger partial charge on any atom is 0.416 e. The number of carbonyl (C=O) groups excluding carboxylic acids is 1. The van der Waals surface area contributed by atoms with Crippen molar-refractivity contribution in [2.45, 2.75) is 31.1 Å². The zero-order chi connectivity index (χ0) is 25.5. The van der Waals surface area contributed by atoms with Crippen molar-refractivity contribution in [3.8, 4) is 11.4 Å². The van der Waals surface area contributed by atoms with Gasteiger partial charge >= 0.3 is 12.4 Å². The molecule has 0 saturated carbocycles. The summed E-state index contributed by atoms with van der Waals surface area (Å²) in [6, 6.07) is 5.73. The molecule has 1 fully saturated rings. The third kappa shape index (κ3) is 5.40. The number of benzene rings is 2. The largest absolute Gasteiger partial charge is 0.416 e. The van der Waals surface area contributed by atoms with Crippen molar-refractivity contribution in [3.63, 3.8) is 0 Å². The number of nitrogens with zero attached hydrogens (tertiary/aromatic N) is 3. The molecular weight excluding hydrogens is 523 g/mol. The van der Waals surface area contributed by atoms with Crippen LogP contribution in [0.4, 0.5) is 26.3 Å².